The van der Waals surface area contributed by atoms with Crippen LogP contribution in [0.3, 0.4) is 0 Å². The first-order chi connectivity index (χ1) is 8.08. The molecule has 1 aliphatic carbocycles. The van der Waals surface area contributed by atoms with Crippen LogP contribution in [-0.2, 0) is 4.79 Å². The number of amides is 1. The lowest BCUT2D eigenvalue weighted by Crippen LogP contribution is -2.29. The Labute approximate surface area is 115 Å². The number of hydrogen-bond acceptors (Lipinski definition) is 2. The van der Waals surface area contributed by atoms with E-state index in [0.717, 1.165) is 14.8 Å². The van der Waals surface area contributed by atoms with Gasteiger partial charge in [-0.05, 0) is 66.0 Å². The molecule has 1 aliphatic rings. The lowest BCUT2D eigenvalue weighted by atomic mass is 10.1. The van der Waals surface area contributed by atoms with Crippen LogP contribution in [0, 0.1) is 16.4 Å². The molecule has 17 heavy (non-hydrogen) atoms. The van der Waals surface area contributed by atoms with Crippen LogP contribution in [0.25, 0.3) is 0 Å². The van der Waals surface area contributed by atoms with Gasteiger partial charge in [-0.25, -0.2) is 0 Å². The summed E-state index contributed by atoms with van der Waals surface area (Å²) in [5.74, 6) is 0.590. The van der Waals surface area contributed by atoms with Crippen LogP contribution in [0.1, 0.15) is 24.8 Å². The van der Waals surface area contributed by atoms with E-state index in [9.17, 15) is 4.79 Å². The van der Waals surface area contributed by atoms with Gasteiger partial charge in [0, 0.05) is 21.7 Å². The Kier molecular flexibility index (Phi) is 4.04. The van der Waals surface area contributed by atoms with Crippen molar-refractivity contribution >= 4 is 34.2 Å². The maximum absolute atomic E-state index is 11.8. The minimum Gasteiger partial charge on any atom is -0.327 e. The van der Waals surface area contributed by atoms with E-state index in [1.54, 1.807) is 0 Å². The smallest absolute Gasteiger partial charge is 0.225 e. The lowest BCUT2D eigenvalue weighted by molar-refractivity contribution is -0.116. The third-order valence-corrected chi connectivity index (χ3v) is 4.36. The number of halogens is 1. The molecule has 3 N–H and O–H groups in total. The highest BCUT2D eigenvalue weighted by molar-refractivity contribution is 14.1. The zero-order chi connectivity index (χ0) is 12.4. The first-order valence-corrected chi connectivity index (χ1v) is 6.96. The van der Waals surface area contributed by atoms with E-state index in [1.807, 2.05) is 25.1 Å². The Balaban J connectivity index is 1.95. The highest BCUT2D eigenvalue weighted by atomic mass is 127. The summed E-state index contributed by atoms with van der Waals surface area (Å²) in [4.78, 5) is 11.8. The summed E-state index contributed by atoms with van der Waals surface area (Å²) in [6, 6.07) is 5.93. The molecule has 1 aromatic carbocycles. The van der Waals surface area contributed by atoms with E-state index >= 15 is 0 Å². The maximum atomic E-state index is 11.8. The number of carbonyl (C=O) groups is 1. The molecule has 0 saturated heterocycles. The third kappa shape index (κ3) is 3.42. The van der Waals surface area contributed by atoms with Gasteiger partial charge in [-0.1, -0.05) is 6.07 Å². The summed E-state index contributed by atoms with van der Waals surface area (Å²) in [6.07, 6.45) is 2.78. The highest BCUT2D eigenvalue weighted by Gasteiger charge is 2.29. The van der Waals surface area contributed by atoms with Gasteiger partial charge in [0.1, 0.15) is 0 Å². The summed E-state index contributed by atoms with van der Waals surface area (Å²) >= 11 is 2.27. The van der Waals surface area contributed by atoms with Crippen molar-refractivity contribution in [3.63, 3.8) is 0 Å². The first-order valence-electron chi connectivity index (χ1n) is 5.88. The average Bonchev–Trinajstić information content (AvgIpc) is 3.08. The molecule has 1 saturated carbocycles. The Morgan fingerprint density at radius 1 is 1.59 bits per heavy atom. The highest BCUT2D eigenvalue weighted by Crippen LogP contribution is 2.33. The van der Waals surface area contributed by atoms with Crippen LogP contribution in [-0.4, -0.2) is 11.9 Å². The first kappa shape index (κ1) is 12.8. The number of anilines is 1. The van der Waals surface area contributed by atoms with E-state index in [0.29, 0.717) is 12.3 Å². The summed E-state index contributed by atoms with van der Waals surface area (Å²) in [5.41, 5.74) is 7.95. The van der Waals surface area contributed by atoms with Gasteiger partial charge in [0.2, 0.25) is 5.91 Å². The molecule has 4 heteroatoms. The van der Waals surface area contributed by atoms with Gasteiger partial charge in [0.25, 0.3) is 0 Å². The molecule has 0 heterocycles. The summed E-state index contributed by atoms with van der Waals surface area (Å²) in [7, 11) is 0. The number of benzene rings is 1. The molecule has 0 spiro atoms. The second-order valence-electron chi connectivity index (χ2n) is 4.67. The van der Waals surface area contributed by atoms with Gasteiger partial charge in [-0.3, -0.25) is 4.79 Å². The molecule has 0 aliphatic heterocycles. The molecule has 1 aromatic rings. The Hall–Kier alpha value is -0.620. The van der Waals surface area contributed by atoms with Crippen LogP contribution in [0.5, 0.6) is 0 Å². The van der Waals surface area contributed by atoms with Crippen LogP contribution in [0.15, 0.2) is 18.2 Å². The fraction of sp³-hybridized carbons (Fsp3) is 0.462. The molecule has 0 radical (unpaired) electrons. The maximum Gasteiger partial charge on any atom is 0.225 e. The van der Waals surface area contributed by atoms with E-state index in [4.69, 9.17) is 5.73 Å². The molecule has 1 amide bonds. The minimum atomic E-state index is 0.0227. The normalized spacial score (nSPS) is 16.6. The number of nitrogens with one attached hydrogen (secondary N) is 1. The van der Waals surface area contributed by atoms with Crippen molar-refractivity contribution in [1.82, 2.24) is 0 Å². The van der Waals surface area contributed by atoms with E-state index in [1.165, 1.54) is 12.8 Å². The molecule has 1 unspecified atom stereocenters. The van der Waals surface area contributed by atoms with Gasteiger partial charge in [-0.2, -0.15) is 0 Å². The predicted octanol–water partition coefficient (Wildman–Crippen LogP) is 2.67. The zero-order valence-electron chi connectivity index (χ0n) is 9.87. The standard InChI is InChI=1S/C13H17IN2O/c1-8-10(14)3-2-4-12(8)16-13(17)7-11(15)9-5-6-9/h2-4,9,11H,5-7,15H2,1H3,(H,16,17). The van der Waals surface area contributed by atoms with Crippen LogP contribution >= 0.6 is 22.6 Å². The van der Waals surface area contributed by atoms with Crippen LogP contribution in [0.4, 0.5) is 5.69 Å². The molecule has 0 aromatic heterocycles. The average molecular weight is 344 g/mol. The van der Waals surface area contributed by atoms with Gasteiger partial charge >= 0.3 is 0 Å². The van der Waals surface area contributed by atoms with E-state index in [-0.39, 0.29) is 11.9 Å². The van der Waals surface area contributed by atoms with E-state index < -0.39 is 0 Å². The summed E-state index contributed by atoms with van der Waals surface area (Å²) < 4.78 is 1.16. The largest absolute Gasteiger partial charge is 0.327 e. The van der Waals surface area contributed by atoms with E-state index in [2.05, 4.69) is 27.9 Å². The quantitative estimate of drug-likeness (QED) is 0.825. The molecule has 1 atom stereocenters. The molecule has 2 rings (SSSR count). The Morgan fingerprint density at radius 3 is 2.94 bits per heavy atom. The predicted molar refractivity (Wildman–Crippen MR) is 77.8 cm³/mol. The molecule has 92 valence electrons. The SMILES string of the molecule is Cc1c(I)cccc1NC(=O)CC(N)C1CC1. The fourth-order valence-electron chi connectivity index (χ4n) is 1.85. The van der Waals surface area contributed by atoms with Gasteiger partial charge in [0.05, 0.1) is 0 Å². The van der Waals surface area contributed by atoms with Crippen LogP contribution in [0.2, 0.25) is 0 Å². The van der Waals surface area contributed by atoms with Gasteiger partial charge in [0.15, 0.2) is 0 Å². The van der Waals surface area contributed by atoms with Crippen molar-refractivity contribution in [2.45, 2.75) is 32.2 Å². The van der Waals surface area contributed by atoms with Crippen molar-refractivity contribution in [2.75, 3.05) is 5.32 Å². The topological polar surface area (TPSA) is 55.1 Å². The lowest BCUT2D eigenvalue weighted by Gasteiger charge is -2.12. The second kappa shape index (κ2) is 5.35. The van der Waals surface area contributed by atoms with Crippen molar-refractivity contribution in [3.05, 3.63) is 27.3 Å². The Morgan fingerprint density at radius 2 is 2.29 bits per heavy atom. The van der Waals surface area contributed by atoms with Gasteiger partial charge in [-0.15, -0.1) is 0 Å². The number of carbonyl (C=O) groups excluding carboxylic acids is 1. The molecule has 0 bridgehead atoms. The summed E-state index contributed by atoms with van der Waals surface area (Å²) in [6.45, 7) is 2.01. The fourth-order valence-corrected chi connectivity index (χ4v) is 2.35. The van der Waals surface area contributed by atoms with Crippen molar-refractivity contribution in [1.29, 1.82) is 0 Å². The number of hydrogen-bond donors (Lipinski definition) is 2. The molecular formula is C13H17IN2O. The zero-order valence-corrected chi connectivity index (χ0v) is 12.0. The van der Waals surface area contributed by atoms with Crippen molar-refractivity contribution in [3.8, 4) is 0 Å². The monoisotopic (exact) mass is 344 g/mol. The second-order valence-corrected chi connectivity index (χ2v) is 5.83. The Bertz CT molecular complexity index is 429. The molecule has 1 fully saturated rings. The molecular weight excluding hydrogens is 327 g/mol. The number of nitrogens with two attached hydrogens (primary N) is 1. The molecule has 3 nitrogen and oxygen atoms in total. The summed E-state index contributed by atoms with van der Waals surface area (Å²) in [5, 5.41) is 2.94. The third-order valence-electron chi connectivity index (χ3n) is 3.19. The minimum absolute atomic E-state index is 0.0227. The van der Waals surface area contributed by atoms with Crippen molar-refractivity contribution in [2.24, 2.45) is 11.7 Å². The van der Waals surface area contributed by atoms with Crippen LogP contribution < -0.4 is 11.1 Å². The van der Waals surface area contributed by atoms with Gasteiger partial charge < -0.3 is 11.1 Å². The number of rotatable bonds is 4. The van der Waals surface area contributed by atoms with Crippen molar-refractivity contribution < 1.29 is 4.79 Å².